The van der Waals surface area contributed by atoms with Crippen molar-refractivity contribution in [1.82, 2.24) is 4.98 Å². The Kier molecular flexibility index (Phi) is 3.96. The van der Waals surface area contributed by atoms with Crippen LogP contribution in [-0.4, -0.2) is 9.91 Å². The fourth-order valence-electron chi connectivity index (χ4n) is 1.51. The molecule has 1 aromatic carbocycles. The van der Waals surface area contributed by atoms with E-state index in [-0.39, 0.29) is 22.9 Å². The van der Waals surface area contributed by atoms with Gasteiger partial charge in [-0.25, -0.2) is 4.98 Å². The van der Waals surface area contributed by atoms with Gasteiger partial charge in [-0.15, -0.1) is 0 Å². The molecule has 7 heteroatoms. The van der Waals surface area contributed by atoms with Gasteiger partial charge in [0.2, 0.25) is 11.6 Å². The number of halogens is 1. The second-order valence-electron chi connectivity index (χ2n) is 3.90. The molecule has 0 saturated carbocycles. The first-order valence-corrected chi connectivity index (χ1v) is 6.29. The molecule has 2 aromatic rings. The Bertz CT molecular complexity index is 725. The van der Waals surface area contributed by atoms with E-state index in [0.717, 1.165) is 5.56 Å². The van der Waals surface area contributed by atoms with E-state index >= 15 is 0 Å². The fraction of sp³-hybridized carbons (Fsp3) is 0.0769. The molecule has 0 aliphatic rings. The Morgan fingerprint density at radius 3 is 2.85 bits per heavy atom. The highest BCUT2D eigenvalue weighted by molar-refractivity contribution is 9.10. The lowest BCUT2D eigenvalue weighted by molar-refractivity contribution is -0.385. The molecule has 1 heterocycles. The molecule has 0 amide bonds. The highest BCUT2D eigenvalue weighted by atomic mass is 79.9. The van der Waals surface area contributed by atoms with Crippen LogP contribution < -0.4 is 4.74 Å². The van der Waals surface area contributed by atoms with Crippen LogP contribution in [0.15, 0.2) is 34.9 Å². The number of aromatic nitrogens is 1. The van der Waals surface area contributed by atoms with Gasteiger partial charge in [-0.05, 0) is 46.6 Å². The van der Waals surface area contributed by atoms with Crippen molar-refractivity contribution < 1.29 is 9.66 Å². The van der Waals surface area contributed by atoms with Crippen molar-refractivity contribution >= 4 is 21.6 Å². The van der Waals surface area contributed by atoms with Crippen molar-refractivity contribution in [2.24, 2.45) is 0 Å². The van der Waals surface area contributed by atoms with Gasteiger partial charge in [-0.3, -0.25) is 10.1 Å². The molecular formula is C13H8BrN3O3. The summed E-state index contributed by atoms with van der Waals surface area (Å²) in [5.74, 6) is 0.269. The van der Waals surface area contributed by atoms with Gasteiger partial charge in [0.1, 0.15) is 0 Å². The maximum Gasteiger partial charge on any atom is 0.312 e. The molecule has 0 radical (unpaired) electrons. The monoisotopic (exact) mass is 333 g/mol. The molecule has 0 bridgehead atoms. The van der Waals surface area contributed by atoms with E-state index in [1.807, 2.05) is 13.0 Å². The van der Waals surface area contributed by atoms with Crippen molar-refractivity contribution in [3.63, 3.8) is 0 Å². The maximum atomic E-state index is 11.0. The minimum Gasteiger partial charge on any atom is -0.431 e. The van der Waals surface area contributed by atoms with Crippen LogP contribution >= 0.6 is 15.9 Å². The summed E-state index contributed by atoms with van der Waals surface area (Å²) in [4.78, 5) is 14.4. The summed E-state index contributed by atoms with van der Waals surface area (Å²) < 4.78 is 6.10. The number of rotatable bonds is 3. The number of ether oxygens (including phenoxy) is 1. The molecule has 0 saturated heterocycles. The first kappa shape index (κ1) is 14.0. The van der Waals surface area contributed by atoms with Gasteiger partial charge in [0.05, 0.1) is 21.0 Å². The number of hydrogen-bond acceptors (Lipinski definition) is 5. The summed E-state index contributed by atoms with van der Waals surface area (Å²) in [7, 11) is 0. The first-order valence-electron chi connectivity index (χ1n) is 5.50. The highest BCUT2D eigenvalue weighted by Crippen LogP contribution is 2.35. The van der Waals surface area contributed by atoms with Gasteiger partial charge in [0.15, 0.2) is 0 Å². The molecule has 0 aliphatic heterocycles. The van der Waals surface area contributed by atoms with Crippen LogP contribution in [0.5, 0.6) is 11.6 Å². The van der Waals surface area contributed by atoms with E-state index in [1.54, 1.807) is 12.3 Å². The number of nitro benzene ring substituents is 1. The van der Waals surface area contributed by atoms with Crippen molar-refractivity contribution in [3.05, 3.63) is 56.2 Å². The van der Waals surface area contributed by atoms with E-state index in [2.05, 4.69) is 20.9 Å². The SMILES string of the molecule is Cc1ccnc(Oc2ccc(C#N)cc2[N+](=O)[O-])c1Br. The van der Waals surface area contributed by atoms with Gasteiger partial charge in [0.25, 0.3) is 0 Å². The van der Waals surface area contributed by atoms with E-state index in [1.165, 1.54) is 18.2 Å². The first-order chi connectivity index (χ1) is 9.52. The second kappa shape index (κ2) is 5.67. The zero-order valence-corrected chi connectivity index (χ0v) is 11.9. The molecule has 100 valence electrons. The quantitative estimate of drug-likeness (QED) is 0.630. The summed E-state index contributed by atoms with van der Waals surface area (Å²) in [6, 6.07) is 7.63. The molecule has 20 heavy (non-hydrogen) atoms. The van der Waals surface area contributed by atoms with Crippen molar-refractivity contribution in [2.45, 2.75) is 6.92 Å². The molecule has 0 aliphatic carbocycles. The van der Waals surface area contributed by atoms with Crippen LogP contribution in [0.1, 0.15) is 11.1 Å². The Labute approximate surface area is 122 Å². The largest absolute Gasteiger partial charge is 0.431 e. The molecule has 0 fully saturated rings. The Hall–Kier alpha value is -2.46. The number of hydrogen-bond donors (Lipinski definition) is 0. The van der Waals surface area contributed by atoms with Crippen LogP contribution in [0.3, 0.4) is 0 Å². The molecule has 2 rings (SSSR count). The van der Waals surface area contributed by atoms with E-state index in [0.29, 0.717) is 4.47 Å². The maximum absolute atomic E-state index is 11.0. The molecule has 6 nitrogen and oxygen atoms in total. The lowest BCUT2D eigenvalue weighted by atomic mass is 10.2. The minimum atomic E-state index is -0.597. The fourth-order valence-corrected chi connectivity index (χ4v) is 1.82. The van der Waals surface area contributed by atoms with Crippen LogP contribution in [0.25, 0.3) is 0 Å². The predicted molar refractivity (Wildman–Crippen MR) is 74.6 cm³/mol. The van der Waals surface area contributed by atoms with Gasteiger partial charge >= 0.3 is 5.69 Å². The molecule has 0 N–H and O–H groups in total. The van der Waals surface area contributed by atoms with Crippen molar-refractivity contribution in [1.29, 1.82) is 5.26 Å². The van der Waals surface area contributed by atoms with E-state index < -0.39 is 4.92 Å². The molecule has 0 atom stereocenters. The Morgan fingerprint density at radius 1 is 1.45 bits per heavy atom. The molecule has 1 aromatic heterocycles. The van der Waals surface area contributed by atoms with E-state index in [9.17, 15) is 10.1 Å². The number of nitriles is 1. The third-order valence-corrected chi connectivity index (χ3v) is 3.51. The minimum absolute atomic E-state index is 0.0350. The standard InChI is InChI=1S/C13H8BrN3O3/c1-8-4-5-16-13(12(8)14)20-11-3-2-9(7-15)6-10(11)17(18)19/h2-6H,1H3. The third-order valence-electron chi connectivity index (χ3n) is 2.54. The summed E-state index contributed by atoms with van der Waals surface area (Å²) in [5, 5.41) is 19.8. The third kappa shape index (κ3) is 2.75. The average molecular weight is 334 g/mol. The highest BCUT2D eigenvalue weighted by Gasteiger charge is 2.18. The van der Waals surface area contributed by atoms with Crippen molar-refractivity contribution in [3.8, 4) is 17.7 Å². The predicted octanol–water partition coefficient (Wildman–Crippen LogP) is 3.72. The van der Waals surface area contributed by atoms with Gasteiger partial charge in [-0.2, -0.15) is 5.26 Å². The molecular weight excluding hydrogens is 326 g/mol. The van der Waals surface area contributed by atoms with Crippen LogP contribution in [0.4, 0.5) is 5.69 Å². The lowest BCUT2D eigenvalue weighted by Gasteiger charge is -2.08. The second-order valence-corrected chi connectivity index (χ2v) is 4.69. The van der Waals surface area contributed by atoms with Crippen LogP contribution in [-0.2, 0) is 0 Å². The molecule has 0 unspecified atom stereocenters. The topological polar surface area (TPSA) is 89.0 Å². The molecule has 0 spiro atoms. The zero-order valence-electron chi connectivity index (χ0n) is 10.3. The Balaban J connectivity index is 2.46. The average Bonchev–Trinajstić information content (AvgIpc) is 2.44. The number of nitro groups is 1. The Morgan fingerprint density at radius 2 is 2.20 bits per heavy atom. The normalized spacial score (nSPS) is 9.85. The summed E-state index contributed by atoms with van der Waals surface area (Å²) in [6.07, 6.45) is 1.55. The van der Waals surface area contributed by atoms with Crippen molar-refractivity contribution in [2.75, 3.05) is 0 Å². The number of benzene rings is 1. The summed E-state index contributed by atoms with van der Waals surface area (Å²) in [5.41, 5.74) is 0.811. The van der Waals surface area contributed by atoms with E-state index in [4.69, 9.17) is 10.00 Å². The smallest absolute Gasteiger partial charge is 0.312 e. The van der Waals surface area contributed by atoms with Gasteiger partial charge in [0, 0.05) is 12.3 Å². The van der Waals surface area contributed by atoms with Gasteiger partial charge < -0.3 is 4.74 Å². The van der Waals surface area contributed by atoms with Crippen LogP contribution in [0, 0.1) is 28.4 Å². The van der Waals surface area contributed by atoms with Crippen LogP contribution in [0.2, 0.25) is 0 Å². The number of nitrogens with zero attached hydrogens (tertiary/aromatic N) is 3. The number of aryl methyl sites for hydroxylation is 1. The lowest BCUT2D eigenvalue weighted by Crippen LogP contribution is -1.96. The summed E-state index contributed by atoms with van der Waals surface area (Å²) >= 11 is 3.32. The number of pyridine rings is 1. The zero-order chi connectivity index (χ0) is 14.7. The summed E-state index contributed by atoms with van der Waals surface area (Å²) in [6.45, 7) is 1.85. The van der Waals surface area contributed by atoms with Gasteiger partial charge in [-0.1, -0.05) is 0 Å².